The first kappa shape index (κ1) is 25.3. The molecule has 0 fully saturated rings. The van der Waals surface area contributed by atoms with E-state index in [1.165, 1.54) is 10.5 Å². The Labute approximate surface area is 205 Å². The number of rotatable bonds is 9. The third kappa shape index (κ3) is 7.07. The number of hydrogen-bond donors (Lipinski definition) is 1. The number of ether oxygens (including phenoxy) is 1. The number of benzene rings is 3. The van der Waals surface area contributed by atoms with Gasteiger partial charge in [0.1, 0.15) is 5.75 Å². The van der Waals surface area contributed by atoms with Crippen molar-refractivity contribution in [2.75, 3.05) is 10.6 Å². The zero-order chi connectivity index (χ0) is 24.7. The average Bonchev–Trinajstić information content (AvgIpc) is 2.78. The van der Waals surface area contributed by atoms with Gasteiger partial charge in [-0.05, 0) is 79.6 Å². The first-order valence-corrected chi connectivity index (χ1v) is 12.8. The van der Waals surface area contributed by atoms with Crippen LogP contribution in [0.5, 0.6) is 5.75 Å². The number of amides is 1. The molecular formula is C25H26ClN3O4S. The van der Waals surface area contributed by atoms with Gasteiger partial charge in [-0.1, -0.05) is 29.8 Å². The van der Waals surface area contributed by atoms with Crippen molar-refractivity contribution in [1.82, 2.24) is 5.43 Å². The van der Waals surface area contributed by atoms with Gasteiger partial charge >= 0.3 is 0 Å². The van der Waals surface area contributed by atoms with E-state index in [4.69, 9.17) is 16.3 Å². The second-order valence-electron chi connectivity index (χ2n) is 7.84. The van der Waals surface area contributed by atoms with Gasteiger partial charge in [-0.3, -0.25) is 9.10 Å². The number of anilines is 1. The van der Waals surface area contributed by atoms with Crippen LogP contribution in [-0.2, 0) is 16.6 Å². The van der Waals surface area contributed by atoms with E-state index in [-0.39, 0.29) is 12.6 Å². The molecule has 1 amide bonds. The molecule has 3 rings (SSSR count). The van der Waals surface area contributed by atoms with Crippen molar-refractivity contribution in [2.45, 2.75) is 26.5 Å². The minimum atomic E-state index is -3.58. The lowest BCUT2D eigenvalue weighted by Crippen LogP contribution is -2.29. The predicted octanol–water partition coefficient (Wildman–Crippen LogP) is 4.86. The first-order valence-electron chi connectivity index (χ1n) is 10.5. The summed E-state index contributed by atoms with van der Waals surface area (Å²) in [5.74, 6) is 0.341. The Hall–Kier alpha value is -3.36. The molecule has 1 N–H and O–H groups in total. The number of carbonyl (C=O) groups excluding carboxylic acids is 1. The summed E-state index contributed by atoms with van der Waals surface area (Å²) in [5.41, 5.74) is 4.71. The molecule has 0 aliphatic rings. The van der Waals surface area contributed by atoms with Crippen LogP contribution in [0.4, 0.5) is 5.69 Å². The molecule has 0 saturated heterocycles. The summed E-state index contributed by atoms with van der Waals surface area (Å²) in [6.07, 6.45) is 2.74. The normalized spacial score (nSPS) is 11.6. The van der Waals surface area contributed by atoms with Crippen molar-refractivity contribution in [3.63, 3.8) is 0 Å². The van der Waals surface area contributed by atoms with Crippen molar-refractivity contribution in [2.24, 2.45) is 5.10 Å². The van der Waals surface area contributed by atoms with E-state index < -0.39 is 15.9 Å². The molecule has 0 bridgehead atoms. The topological polar surface area (TPSA) is 88.1 Å². The van der Waals surface area contributed by atoms with E-state index in [1.54, 1.807) is 48.5 Å². The van der Waals surface area contributed by atoms with Crippen LogP contribution in [-0.4, -0.2) is 32.9 Å². The molecule has 7 nitrogen and oxygen atoms in total. The van der Waals surface area contributed by atoms with E-state index in [0.717, 1.165) is 17.6 Å². The monoisotopic (exact) mass is 499 g/mol. The summed E-state index contributed by atoms with van der Waals surface area (Å²) in [6, 6.07) is 20.6. The average molecular weight is 500 g/mol. The molecule has 0 radical (unpaired) electrons. The van der Waals surface area contributed by atoms with Gasteiger partial charge in [0.2, 0.25) is 10.0 Å². The second-order valence-corrected chi connectivity index (χ2v) is 10.2. The highest BCUT2D eigenvalue weighted by Gasteiger charge is 2.19. The zero-order valence-corrected chi connectivity index (χ0v) is 20.7. The molecule has 0 unspecified atom stereocenters. The van der Waals surface area contributed by atoms with Gasteiger partial charge in [0, 0.05) is 10.6 Å². The summed E-state index contributed by atoms with van der Waals surface area (Å²) in [7, 11) is -3.58. The molecule has 0 aliphatic heterocycles. The van der Waals surface area contributed by atoms with Crippen LogP contribution in [0.2, 0.25) is 5.02 Å². The molecular weight excluding hydrogens is 474 g/mol. The predicted molar refractivity (Wildman–Crippen MR) is 136 cm³/mol. The molecule has 0 atom stereocenters. The fourth-order valence-electron chi connectivity index (χ4n) is 3.10. The van der Waals surface area contributed by atoms with Gasteiger partial charge in [0.25, 0.3) is 5.91 Å². The fraction of sp³-hybridized carbons (Fsp3) is 0.200. The van der Waals surface area contributed by atoms with Gasteiger partial charge in [-0.2, -0.15) is 5.10 Å². The van der Waals surface area contributed by atoms with Crippen molar-refractivity contribution in [3.05, 3.63) is 94.5 Å². The van der Waals surface area contributed by atoms with Crippen LogP contribution < -0.4 is 14.5 Å². The number of halogens is 1. The molecule has 178 valence electrons. The Balaban J connectivity index is 1.66. The quantitative estimate of drug-likeness (QED) is 0.336. The highest BCUT2D eigenvalue weighted by Crippen LogP contribution is 2.24. The minimum absolute atomic E-state index is 0.0787. The smallest absolute Gasteiger partial charge is 0.271 e. The van der Waals surface area contributed by atoms with Crippen LogP contribution in [0.3, 0.4) is 0 Å². The lowest BCUT2D eigenvalue weighted by molar-refractivity contribution is 0.0955. The standard InChI is InChI=1S/C25H26ClN3O4S/c1-18(2)33-23-14-8-19(9-15-23)16-27-28-25(30)20-10-12-22(13-11-20)29(34(3,31)32)17-21-6-4-5-7-24(21)26/h4-16,18H,17H2,1-3H3,(H,28,30)/b27-16-. The highest BCUT2D eigenvalue weighted by atomic mass is 35.5. The molecule has 3 aromatic carbocycles. The molecule has 34 heavy (non-hydrogen) atoms. The fourth-order valence-corrected chi connectivity index (χ4v) is 4.17. The van der Waals surface area contributed by atoms with Crippen LogP contribution in [0.15, 0.2) is 77.9 Å². The summed E-state index contributed by atoms with van der Waals surface area (Å²) in [4.78, 5) is 12.4. The number of carbonyl (C=O) groups is 1. The minimum Gasteiger partial charge on any atom is -0.491 e. The number of nitrogens with one attached hydrogen (secondary N) is 1. The third-order valence-electron chi connectivity index (χ3n) is 4.72. The van der Waals surface area contributed by atoms with Gasteiger partial charge < -0.3 is 4.74 Å². The molecule has 0 heterocycles. The van der Waals surface area contributed by atoms with E-state index >= 15 is 0 Å². The maximum absolute atomic E-state index is 12.4. The SMILES string of the molecule is CC(C)Oc1ccc(/C=N\NC(=O)c2ccc(N(Cc3ccccc3Cl)S(C)(=O)=O)cc2)cc1. The first-order chi connectivity index (χ1) is 16.1. The van der Waals surface area contributed by atoms with Crippen molar-refractivity contribution in [1.29, 1.82) is 0 Å². The Morgan fingerprint density at radius 2 is 1.71 bits per heavy atom. The van der Waals surface area contributed by atoms with Crippen LogP contribution in [0.25, 0.3) is 0 Å². The lowest BCUT2D eigenvalue weighted by atomic mass is 10.2. The van der Waals surface area contributed by atoms with Gasteiger partial charge in [0.15, 0.2) is 0 Å². The molecule has 0 spiro atoms. The maximum Gasteiger partial charge on any atom is 0.271 e. The molecule has 0 aliphatic carbocycles. The summed E-state index contributed by atoms with van der Waals surface area (Å²) < 4.78 is 31.6. The van der Waals surface area contributed by atoms with E-state index in [1.807, 2.05) is 38.1 Å². The van der Waals surface area contributed by atoms with Gasteiger partial charge in [0.05, 0.1) is 30.8 Å². The van der Waals surface area contributed by atoms with Gasteiger partial charge in [-0.25, -0.2) is 13.8 Å². The van der Waals surface area contributed by atoms with Crippen LogP contribution in [0.1, 0.15) is 35.3 Å². The van der Waals surface area contributed by atoms with Gasteiger partial charge in [-0.15, -0.1) is 0 Å². The van der Waals surface area contributed by atoms with E-state index in [9.17, 15) is 13.2 Å². The highest BCUT2D eigenvalue weighted by molar-refractivity contribution is 7.92. The van der Waals surface area contributed by atoms with Crippen molar-refractivity contribution < 1.29 is 17.9 Å². The zero-order valence-electron chi connectivity index (χ0n) is 19.1. The van der Waals surface area contributed by atoms with Crippen molar-refractivity contribution >= 4 is 39.4 Å². The maximum atomic E-state index is 12.4. The van der Waals surface area contributed by atoms with Crippen molar-refractivity contribution in [3.8, 4) is 5.75 Å². The summed E-state index contributed by atoms with van der Waals surface area (Å²) in [5, 5.41) is 4.46. The lowest BCUT2D eigenvalue weighted by Gasteiger charge is -2.23. The number of sulfonamides is 1. The van der Waals surface area contributed by atoms with E-state index in [0.29, 0.717) is 21.8 Å². The molecule has 0 aromatic heterocycles. The Morgan fingerprint density at radius 1 is 1.06 bits per heavy atom. The van der Waals surface area contributed by atoms with E-state index in [2.05, 4.69) is 10.5 Å². The summed E-state index contributed by atoms with van der Waals surface area (Å²) in [6.45, 7) is 3.99. The largest absolute Gasteiger partial charge is 0.491 e. The molecule has 0 saturated carbocycles. The number of hydrazone groups is 1. The second kappa shape index (κ2) is 11.2. The summed E-state index contributed by atoms with van der Waals surface area (Å²) >= 11 is 6.20. The van der Waals surface area contributed by atoms with Crippen LogP contribution >= 0.6 is 11.6 Å². The molecule has 3 aromatic rings. The number of hydrogen-bond acceptors (Lipinski definition) is 5. The Bertz CT molecular complexity index is 1260. The third-order valence-corrected chi connectivity index (χ3v) is 6.23. The number of nitrogens with zero attached hydrogens (tertiary/aromatic N) is 2. The van der Waals surface area contributed by atoms with Crippen LogP contribution in [0, 0.1) is 0 Å². The Morgan fingerprint density at radius 3 is 2.29 bits per heavy atom. The Kier molecular flexibility index (Phi) is 8.31. The molecule has 9 heteroatoms.